The maximum absolute atomic E-state index is 10.7. The zero-order valence-corrected chi connectivity index (χ0v) is 11.7. The molecule has 1 aromatic carbocycles. The summed E-state index contributed by atoms with van der Waals surface area (Å²) < 4.78 is 0. The number of carbonyl (C=O) groups excluding carboxylic acids is 1. The van der Waals surface area contributed by atoms with Crippen LogP contribution in [0.25, 0.3) is 0 Å². The van der Waals surface area contributed by atoms with E-state index >= 15 is 0 Å². The zero-order valence-electron chi connectivity index (χ0n) is 10.2. The lowest BCUT2D eigenvalue weighted by Crippen LogP contribution is -1.99. The first-order valence-corrected chi connectivity index (χ1v) is 6.49. The molecule has 0 saturated carbocycles. The summed E-state index contributed by atoms with van der Waals surface area (Å²) in [7, 11) is 0. The van der Waals surface area contributed by atoms with Crippen molar-refractivity contribution in [2.24, 2.45) is 0 Å². The van der Waals surface area contributed by atoms with Gasteiger partial charge in [-0.2, -0.15) is 0 Å². The van der Waals surface area contributed by atoms with Gasteiger partial charge in [0.15, 0.2) is 0 Å². The lowest BCUT2D eigenvalue weighted by Gasteiger charge is -2.10. The number of carbonyl (C=O) groups is 1. The molecule has 0 spiro atoms. The highest BCUT2D eigenvalue weighted by atomic mass is 35.5. The summed E-state index contributed by atoms with van der Waals surface area (Å²) >= 11 is 12.0. The van der Waals surface area contributed by atoms with Crippen LogP contribution < -0.4 is 5.32 Å². The van der Waals surface area contributed by atoms with Crippen LogP contribution in [0.15, 0.2) is 36.5 Å². The van der Waals surface area contributed by atoms with Crippen molar-refractivity contribution in [1.29, 1.82) is 0 Å². The van der Waals surface area contributed by atoms with Crippen LogP contribution in [-0.4, -0.2) is 11.3 Å². The highest BCUT2D eigenvalue weighted by Crippen LogP contribution is 2.26. The first kappa shape index (κ1) is 13.8. The van der Waals surface area contributed by atoms with E-state index in [1.54, 1.807) is 31.3 Å². The number of benzene rings is 1. The van der Waals surface area contributed by atoms with Crippen molar-refractivity contribution in [3.05, 3.63) is 52.1 Å². The number of nitrogens with zero attached hydrogens (tertiary/aromatic N) is 1. The van der Waals surface area contributed by atoms with Crippen LogP contribution in [0, 0.1) is 0 Å². The molecule has 1 N–H and O–H groups in total. The standard InChI is InChI=1S/C14H12Cl2N2O/c1-9(8-19)10-6-13(16)14(17-7-10)18-12-4-2-11(15)3-5-12/h2-9H,1H3,(H,17,18). The van der Waals surface area contributed by atoms with Gasteiger partial charge in [0.25, 0.3) is 0 Å². The van der Waals surface area contributed by atoms with Gasteiger partial charge in [0, 0.05) is 22.8 Å². The lowest BCUT2D eigenvalue weighted by atomic mass is 10.1. The number of anilines is 2. The molecule has 0 bridgehead atoms. The van der Waals surface area contributed by atoms with Gasteiger partial charge in [-0.15, -0.1) is 0 Å². The van der Waals surface area contributed by atoms with E-state index in [0.29, 0.717) is 15.9 Å². The van der Waals surface area contributed by atoms with Crippen molar-refractivity contribution in [3.63, 3.8) is 0 Å². The molecule has 0 saturated heterocycles. The molecule has 1 heterocycles. The molecule has 5 heteroatoms. The number of aromatic nitrogens is 1. The molecular weight excluding hydrogens is 283 g/mol. The SMILES string of the molecule is CC(C=O)c1cnc(Nc2ccc(Cl)cc2)c(Cl)c1. The fraction of sp³-hybridized carbons (Fsp3) is 0.143. The van der Waals surface area contributed by atoms with E-state index in [4.69, 9.17) is 23.2 Å². The number of halogens is 2. The first-order chi connectivity index (χ1) is 9.10. The topological polar surface area (TPSA) is 42.0 Å². The smallest absolute Gasteiger partial charge is 0.149 e. The van der Waals surface area contributed by atoms with Gasteiger partial charge in [-0.3, -0.25) is 0 Å². The highest BCUT2D eigenvalue weighted by molar-refractivity contribution is 6.33. The molecule has 0 aliphatic heterocycles. The summed E-state index contributed by atoms with van der Waals surface area (Å²) in [5.41, 5.74) is 1.64. The van der Waals surface area contributed by atoms with Gasteiger partial charge >= 0.3 is 0 Å². The number of aldehydes is 1. The Morgan fingerprint density at radius 2 is 1.95 bits per heavy atom. The molecule has 0 amide bonds. The Hall–Kier alpha value is -1.58. The Kier molecular flexibility index (Phi) is 4.40. The lowest BCUT2D eigenvalue weighted by molar-refractivity contribution is -0.108. The molecule has 19 heavy (non-hydrogen) atoms. The predicted molar refractivity (Wildman–Crippen MR) is 78.5 cm³/mol. The summed E-state index contributed by atoms with van der Waals surface area (Å²) in [5, 5.41) is 4.23. The van der Waals surface area contributed by atoms with Crippen molar-refractivity contribution in [2.75, 3.05) is 5.32 Å². The third kappa shape index (κ3) is 3.46. The van der Waals surface area contributed by atoms with Crippen molar-refractivity contribution in [3.8, 4) is 0 Å². The van der Waals surface area contributed by atoms with Gasteiger partial charge in [-0.05, 0) is 35.9 Å². The third-order valence-corrected chi connectivity index (χ3v) is 3.24. The van der Waals surface area contributed by atoms with Gasteiger partial charge in [0.05, 0.1) is 5.02 Å². The van der Waals surface area contributed by atoms with Crippen LogP contribution in [0.2, 0.25) is 10.0 Å². The fourth-order valence-corrected chi connectivity index (χ4v) is 1.89. The van der Waals surface area contributed by atoms with E-state index in [1.165, 1.54) is 0 Å². The molecule has 98 valence electrons. The molecule has 0 fully saturated rings. The van der Waals surface area contributed by atoms with Crippen molar-refractivity contribution >= 4 is 41.0 Å². The maximum Gasteiger partial charge on any atom is 0.149 e. The van der Waals surface area contributed by atoms with E-state index in [-0.39, 0.29) is 5.92 Å². The predicted octanol–water partition coefficient (Wildman–Crippen LogP) is 4.43. The van der Waals surface area contributed by atoms with E-state index in [9.17, 15) is 4.79 Å². The Labute approximate surface area is 121 Å². The summed E-state index contributed by atoms with van der Waals surface area (Å²) in [6, 6.07) is 8.97. The second-order valence-electron chi connectivity index (χ2n) is 4.16. The van der Waals surface area contributed by atoms with Gasteiger partial charge in [0.1, 0.15) is 12.1 Å². The van der Waals surface area contributed by atoms with Crippen molar-refractivity contribution < 1.29 is 4.79 Å². The average Bonchev–Trinajstić information content (AvgIpc) is 2.42. The van der Waals surface area contributed by atoms with Crippen LogP contribution >= 0.6 is 23.2 Å². The minimum atomic E-state index is -0.213. The Balaban J connectivity index is 2.21. The van der Waals surface area contributed by atoms with Gasteiger partial charge in [-0.25, -0.2) is 4.98 Å². The number of hydrogen-bond acceptors (Lipinski definition) is 3. The third-order valence-electron chi connectivity index (χ3n) is 2.70. The molecule has 0 aliphatic rings. The average molecular weight is 295 g/mol. The van der Waals surface area contributed by atoms with E-state index in [0.717, 1.165) is 17.5 Å². The molecule has 0 radical (unpaired) electrons. The largest absolute Gasteiger partial charge is 0.339 e. The normalized spacial score (nSPS) is 11.9. The molecule has 1 aromatic heterocycles. The number of hydrogen-bond donors (Lipinski definition) is 1. The zero-order chi connectivity index (χ0) is 13.8. The molecule has 3 nitrogen and oxygen atoms in total. The second kappa shape index (κ2) is 6.04. The highest BCUT2D eigenvalue weighted by Gasteiger charge is 2.08. The molecule has 2 rings (SSSR count). The van der Waals surface area contributed by atoms with E-state index < -0.39 is 0 Å². The summed E-state index contributed by atoms with van der Waals surface area (Å²) in [5.74, 6) is 0.334. The molecule has 0 aliphatic carbocycles. The molecule has 2 aromatic rings. The molecule has 1 unspecified atom stereocenters. The second-order valence-corrected chi connectivity index (χ2v) is 5.00. The monoisotopic (exact) mass is 294 g/mol. The van der Waals surface area contributed by atoms with E-state index in [2.05, 4.69) is 10.3 Å². The Morgan fingerprint density at radius 3 is 2.53 bits per heavy atom. The summed E-state index contributed by atoms with van der Waals surface area (Å²) in [4.78, 5) is 15.0. The van der Waals surface area contributed by atoms with Crippen molar-refractivity contribution in [2.45, 2.75) is 12.8 Å². The van der Waals surface area contributed by atoms with Crippen molar-refractivity contribution in [1.82, 2.24) is 4.98 Å². The number of nitrogens with one attached hydrogen (secondary N) is 1. The van der Waals surface area contributed by atoms with Gasteiger partial charge < -0.3 is 10.1 Å². The van der Waals surface area contributed by atoms with E-state index in [1.807, 2.05) is 12.1 Å². The summed E-state index contributed by atoms with van der Waals surface area (Å²) in [6.07, 6.45) is 2.50. The quantitative estimate of drug-likeness (QED) is 0.848. The van der Waals surface area contributed by atoms with Crippen LogP contribution in [-0.2, 0) is 4.79 Å². The maximum atomic E-state index is 10.7. The number of pyridine rings is 1. The molecular formula is C14H12Cl2N2O. The Bertz CT molecular complexity index is 584. The number of rotatable bonds is 4. The van der Waals surface area contributed by atoms with Gasteiger partial charge in [-0.1, -0.05) is 30.1 Å². The van der Waals surface area contributed by atoms with Crippen LogP contribution in [0.5, 0.6) is 0 Å². The first-order valence-electron chi connectivity index (χ1n) is 5.73. The Morgan fingerprint density at radius 1 is 1.26 bits per heavy atom. The van der Waals surface area contributed by atoms with Crippen LogP contribution in [0.1, 0.15) is 18.4 Å². The van der Waals surface area contributed by atoms with Gasteiger partial charge in [0.2, 0.25) is 0 Å². The minimum absolute atomic E-state index is 0.213. The summed E-state index contributed by atoms with van der Waals surface area (Å²) in [6.45, 7) is 1.80. The molecule has 1 atom stereocenters. The fourth-order valence-electron chi connectivity index (χ4n) is 1.54. The minimum Gasteiger partial charge on any atom is -0.339 e. The van der Waals surface area contributed by atoms with Crippen LogP contribution in [0.3, 0.4) is 0 Å². The van der Waals surface area contributed by atoms with Crippen LogP contribution in [0.4, 0.5) is 11.5 Å².